The maximum absolute atomic E-state index is 14.5. The van der Waals surface area contributed by atoms with Gasteiger partial charge in [-0.15, -0.1) is 0 Å². The number of thiol groups is 1. The number of carboxylic acid groups (broad SMARTS) is 2. The fourth-order valence-corrected chi connectivity index (χ4v) is 10.9. The minimum Gasteiger partial charge on any atom is -0.481 e. The van der Waals surface area contributed by atoms with Gasteiger partial charge in [0.15, 0.2) is 5.96 Å². The highest BCUT2D eigenvalue weighted by atomic mass is 32.2. The van der Waals surface area contributed by atoms with Gasteiger partial charge in [-0.1, -0.05) is 54.4 Å². The third kappa shape index (κ3) is 36.0. The van der Waals surface area contributed by atoms with Gasteiger partial charge in [-0.2, -0.15) is 24.4 Å². The number of unbranched alkanes of at least 4 members (excludes halogenated alkanes) is 1. The van der Waals surface area contributed by atoms with Crippen molar-refractivity contribution in [3.05, 3.63) is 18.2 Å². The fraction of sp³-hybridized carbons (Fsp3) is 0.708. The maximum Gasteiger partial charge on any atom is 0.326 e. The number of aliphatic imine (C=N–C) groups is 1. The van der Waals surface area contributed by atoms with Crippen molar-refractivity contribution in [2.75, 3.05) is 44.0 Å². The van der Waals surface area contributed by atoms with E-state index in [0.29, 0.717) is 18.5 Å². The molecule has 0 aromatic carbocycles. The minimum absolute atomic E-state index is 0.0108. The summed E-state index contributed by atoms with van der Waals surface area (Å²) in [5.74, 6) is -17.3. The number of imidazole rings is 1. The van der Waals surface area contributed by atoms with Crippen LogP contribution in [0.5, 0.6) is 0 Å². The van der Waals surface area contributed by atoms with Crippen LogP contribution in [0.1, 0.15) is 139 Å². The average Bonchev–Trinajstić information content (AvgIpc) is 1.28. The Balaban J connectivity index is 3.46. The van der Waals surface area contributed by atoms with E-state index in [4.69, 9.17) is 22.9 Å². The summed E-state index contributed by atoms with van der Waals surface area (Å²) >= 11 is 5.61. The van der Waals surface area contributed by atoms with E-state index >= 15 is 0 Å². The van der Waals surface area contributed by atoms with Crippen molar-refractivity contribution >= 4 is 119 Å². The number of carboxylic acids is 2. The Bertz CT molecular complexity index is 3110. The van der Waals surface area contributed by atoms with Crippen LogP contribution in [0, 0.1) is 17.8 Å². The van der Waals surface area contributed by atoms with Crippen LogP contribution < -0.4 is 92.1 Å². The summed E-state index contributed by atoms with van der Waals surface area (Å²) in [6, 6.07) is -19.6. The van der Waals surface area contributed by atoms with Gasteiger partial charge in [0, 0.05) is 37.0 Å². The van der Waals surface area contributed by atoms with E-state index in [-0.39, 0.29) is 94.3 Å². The molecule has 0 aliphatic rings. The number of rotatable bonds is 53. The van der Waals surface area contributed by atoms with Crippen molar-refractivity contribution in [1.29, 1.82) is 0 Å². The molecule has 0 aliphatic carbocycles. The van der Waals surface area contributed by atoms with Crippen LogP contribution in [-0.4, -0.2) is 265 Å². The molecule has 0 bridgehead atoms. The maximum atomic E-state index is 14.5. The summed E-state index contributed by atoms with van der Waals surface area (Å²) < 4.78 is 0. The third-order valence-corrected chi connectivity index (χ3v) is 17.8. The van der Waals surface area contributed by atoms with Gasteiger partial charge in [0.25, 0.3) is 0 Å². The lowest BCUT2D eigenvalue weighted by atomic mass is 9.96. The normalized spacial score (nSPS) is 16.0. The SMILES string of the molecule is CC[C@H](C)[C@H](NC(=O)CNC(=O)[C@H](CO)NC(=O)[C@@H](NC(=O)[C@@H](NC(=O)[C@H](CCCCN)NC(=O)[C@@H](NC(=O)[C@H](CCSC)NC(=O)[C@H](CS)NC(=O)[C@H](CCCN=C(N)N)NC(=O)[C@H](CC(C)C)NC(=O)[C@H](CCC(=O)O)NC(=O)[C@H](C)N)[C@@H](C)CC)[C@@H](C)O)[C@@H](C)O)C(=O)N[C@@H](Cc1cnc[nH]1)C(=O)O. The molecule has 107 heavy (non-hydrogen) atoms. The molecule has 0 radical (unpaired) electrons. The predicted molar refractivity (Wildman–Crippen MR) is 395 cm³/mol. The molecule has 606 valence electrons. The molecular weight excluding hydrogens is 1440 g/mol. The largest absolute Gasteiger partial charge is 0.481 e. The van der Waals surface area contributed by atoms with Gasteiger partial charge < -0.3 is 123 Å². The number of carbonyl (C=O) groups is 15. The van der Waals surface area contributed by atoms with Crippen LogP contribution in [0.4, 0.5) is 0 Å². The molecule has 0 saturated heterocycles. The van der Waals surface area contributed by atoms with Crippen molar-refractivity contribution < 1.29 is 97.5 Å². The zero-order chi connectivity index (χ0) is 81.4. The number of aliphatic carboxylic acids is 2. The average molecular weight is 1560 g/mol. The van der Waals surface area contributed by atoms with E-state index in [1.807, 2.05) is 0 Å². The molecule has 0 spiro atoms. The van der Waals surface area contributed by atoms with E-state index in [1.165, 1.54) is 31.2 Å². The Labute approximate surface area is 631 Å². The number of hydrogen-bond acceptors (Lipinski definition) is 24. The van der Waals surface area contributed by atoms with Crippen LogP contribution >= 0.6 is 24.4 Å². The number of aromatic nitrogens is 2. The summed E-state index contributed by atoms with van der Waals surface area (Å²) in [4.78, 5) is 213. The first-order valence-corrected chi connectivity index (χ1v) is 37.2. The van der Waals surface area contributed by atoms with E-state index < -0.39 is 211 Å². The first-order chi connectivity index (χ1) is 50.3. The van der Waals surface area contributed by atoms with Crippen LogP contribution in [0.25, 0.3) is 0 Å². The van der Waals surface area contributed by atoms with E-state index in [2.05, 4.69) is 96.7 Å². The molecule has 40 nitrogen and oxygen atoms in total. The van der Waals surface area contributed by atoms with Gasteiger partial charge in [-0.05, 0) is 108 Å². The molecule has 17 atom stereocenters. The van der Waals surface area contributed by atoms with Crippen molar-refractivity contribution in [1.82, 2.24) is 79.1 Å². The Morgan fingerprint density at radius 3 is 1.44 bits per heavy atom. The predicted octanol–water partition coefficient (Wildman–Crippen LogP) is -7.06. The van der Waals surface area contributed by atoms with Gasteiger partial charge in [-0.25, -0.2) is 9.78 Å². The number of aromatic amines is 1. The molecule has 27 N–H and O–H groups in total. The molecule has 1 rings (SSSR count). The second-order valence-corrected chi connectivity index (χ2v) is 27.7. The van der Waals surface area contributed by atoms with Crippen molar-refractivity contribution in [2.45, 2.75) is 230 Å². The summed E-state index contributed by atoms with van der Waals surface area (Å²) in [5, 5.41) is 82.7. The van der Waals surface area contributed by atoms with Crippen molar-refractivity contribution in [3.8, 4) is 0 Å². The lowest BCUT2D eigenvalue weighted by Gasteiger charge is -2.30. The van der Waals surface area contributed by atoms with E-state index in [0.717, 1.165) is 13.8 Å². The zero-order valence-electron chi connectivity index (χ0n) is 62.2. The van der Waals surface area contributed by atoms with Crippen LogP contribution in [0.3, 0.4) is 0 Å². The fourth-order valence-electron chi connectivity index (χ4n) is 10.1. The van der Waals surface area contributed by atoms with Gasteiger partial charge in [-0.3, -0.25) is 72.1 Å². The van der Waals surface area contributed by atoms with E-state index in [1.54, 1.807) is 47.8 Å². The molecular formula is C65H114N20O20S2. The van der Waals surface area contributed by atoms with Crippen LogP contribution in [0.15, 0.2) is 17.5 Å². The quantitative estimate of drug-likeness (QED) is 0.0125. The Morgan fingerprint density at radius 1 is 0.542 bits per heavy atom. The van der Waals surface area contributed by atoms with Crippen LogP contribution in [0.2, 0.25) is 0 Å². The van der Waals surface area contributed by atoms with Gasteiger partial charge >= 0.3 is 11.9 Å². The summed E-state index contributed by atoms with van der Waals surface area (Å²) in [6.07, 6.45) is 0.725. The molecule has 13 amide bonds. The number of H-pyrrole nitrogens is 1. The molecule has 0 fully saturated rings. The Morgan fingerprint density at radius 2 is 0.972 bits per heavy atom. The number of hydrogen-bond donors (Lipinski definition) is 24. The van der Waals surface area contributed by atoms with Gasteiger partial charge in [0.2, 0.25) is 76.8 Å². The zero-order valence-corrected chi connectivity index (χ0v) is 63.9. The number of nitrogens with two attached hydrogens (primary N) is 4. The number of aliphatic hydroxyl groups is 3. The van der Waals surface area contributed by atoms with Gasteiger partial charge in [0.05, 0.1) is 37.7 Å². The Hall–Kier alpha value is -8.97. The standard InChI is InChI=1S/C65H114N20O20S2/c1-11-32(5)48(60(100)79-43(64(104)105)25-37-26-70-30-73-37)82-46(89)27-72-53(93)44(28-86)80-62(102)50(35(8)87)85-63(103)51(36(9)88)84-56(96)38(16-13-14-21-66)77-61(101)49(33(6)12-2)83-57(97)41(20-23-107-10)76-59(99)45(29-106)81-54(94)39(17-15-22-71-65(68)69)75-58(98)42(24-31(3)4)78-55(95)40(18-19-47(90)91)74-52(92)34(7)67/h26,30-36,38-45,48-51,86-88,106H,11-25,27-29,66-67H2,1-10H3,(H,70,73)(H,72,93)(H,74,92)(H,75,98)(H,76,99)(H,77,101)(H,78,95)(H,79,100)(H,80,102)(H,81,94)(H,82,89)(H,83,97)(H,84,96)(H,85,103)(H,90,91)(H,104,105)(H4,68,69,71)/t32-,33-,34-,35+,36+,38-,39-,40-,41-,42-,43-,44-,45-,48-,49-,50-,51-/m0/s1. The molecule has 42 heteroatoms. The highest BCUT2D eigenvalue weighted by Gasteiger charge is 2.39. The number of amides is 13. The topological polar surface area (TPSA) is 659 Å². The number of nitrogens with zero attached hydrogens (tertiary/aromatic N) is 2. The number of carbonyl (C=O) groups excluding carboxylic acids is 13. The lowest BCUT2D eigenvalue weighted by Crippen LogP contribution is -2.63. The highest BCUT2D eigenvalue weighted by molar-refractivity contribution is 7.98. The number of thioether (sulfide) groups is 1. The second kappa shape index (κ2) is 50.6. The third-order valence-electron chi connectivity index (χ3n) is 16.8. The summed E-state index contributed by atoms with van der Waals surface area (Å²) in [7, 11) is 0. The minimum atomic E-state index is -1.95. The first-order valence-electron chi connectivity index (χ1n) is 35.2. The summed E-state index contributed by atoms with van der Waals surface area (Å²) in [6.45, 7) is 11.8. The molecule has 0 unspecified atom stereocenters. The molecule has 1 aromatic rings. The Kier molecular flexibility index (Phi) is 45.4. The number of nitrogens with one attached hydrogen (secondary N) is 14. The molecule has 0 saturated carbocycles. The van der Waals surface area contributed by atoms with E-state index in [9.17, 15) is 97.5 Å². The van der Waals surface area contributed by atoms with Crippen molar-refractivity contribution in [2.24, 2.45) is 45.7 Å². The number of aliphatic hydroxyl groups excluding tert-OH is 3. The summed E-state index contributed by atoms with van der Waals surface area (Å²) in [5.41, 5.74) is 22.9. The lowest BCUT2D eigenvalue weighted by molar-refractivity contribution is -0.142. The molecule has 1 heterocycles. The smallest absolute Gasteiger partial charge is 0.326 e. The number of guanidine groups is 1. The van der Waals surface area contributed by atoms with Gasteiger partial charge in [0.1, 0.15) is 72.5 Å². The first kappa shape index (κ1) is 96.0. The van der Waals surface area contributed by atoms with Crippen LogP contribution in [-0.2, 0) is 78.3 Å². The molecule has 0 aliphatic heterocycles. The monoisotopic (exact) mass is 1560 g/mol. The highest BCUT2D eigenvalue weighted by Crippen LogP contribution is 2.15. The second-order valence-electron chi connectivity index (χ2n) is 26.3. The molecule has 1 aromatic heterocycles. The van der Waals surface area contributed by atoms with Crippen molar-refractivity contribution in [3.63, 3.8) is 0 Å².